The number of rotatable bonds is 6. The minimum atomic E-state index is -0.142. The Morgan fingerprint density at radius 2 is 1.69 bits per heavy atom. The van der Waals surface area contributed by atoms with Gasteiger partial charge in [0.1, 0.15) is 0 Å². The summed E-state index contributed by atoms with van der Waals surface area (Å²) < 4.78 is 5.68. The van der Waals surface area contributed by atoms with E-state index in [1.54, 1.807) is 0 Å². The molecular weight excluding hydrogens is 186 g/mol. The van der Waals surface area contributed by atoms with E-state index in [9.17, 15) is 0 Å². The van der Waals surface area contributed by atoms with Crippen molar-refractivity contribution in [1.82, 2.24) is 0 Å². The topological polar surface area (TPSA) is 35.2 Å². The van der Waals surface area contributed by atoms with E-state index >= 15 is 0 Å². The quantitative estimate of drug-likeness (QED) is 0.680. The Hall–Kier alpha value is 0.210. The van der Waals surface area contributed by atoms with Crippen molar-refractivity contribution in [2.75, 3.05) is 12.5 Å². The third kappa shape index (κ3) is 8.54. The molecule has 0 saturated heterocycles. The molecular formula is C10H22ClNO. The van der Waals surface area contributed by atoms with Gasteiger partial charge in [-0.3, -0.25) is 0 Å². The molecule has 0 bridgehead atoms. The monoisotopic (exact) mass is 207 g/mol. The van der Waals surface area contributed by atoms with E-state index in [2.05, 4.69) is 13.8 Å². The molecule has 0 aliphatic heterocycles. The molecule has 0 atom stereocenters. The van der Waals surface area contributed by atoms with Crippen LogP contribution in [0.4, 0.5) is 0 Å². The van der Waals surface area contributed by atoms with Crippen LogP contribution in [0.15, 0.2) is 0 Å². The molecule has 3 heteroatoms. The molecule has 0 aromatic rings. The lowest BCUT2D eigenvalue weighted by Crippen LogP contribution is -2.35. The molecule has 0 fully saturated rings. The number of ether oxygens (including phenoxy) is 1. The van der Waals surface area contributed by atoms with E-state index in [1.165, 1.54) is 0 Å². The van der Waals surface area contributed by atoms with Crippen LogP contribution in [-0.4, -0.2) is 23.6 Å². The van der Waals surface area contributed by atoms with Crippen molar-refractivity contribution in [2.24, 2.45) is 5.73 Å². The maximum atomic E-state index is 5.83. The molecule has 0 amide bonds. The smallest absolute Gasteiger partial charge is 0.0637 e. The van der Waals surface area contributed by atoms with Gasteiger partial charge in [0.25, 0.3) is 0 Å². The Bertz CT molecular complexity index is 140. The normalized spacial score (nSPS) is 13.4. The average Bonchev–Trinajstić information content (AvgIpc) is 1.82. The Kier molecular flexibility index (Phi) is 5.26. The maximum absolute atomic E-state index is 5.83. The number of halogens is 1. The fourth-order valence-electron chi connectivity index (χ4n) is 0.890. The molecule has 2 nitrogen and oxygen atoms in total. The molecule has 0 rings (SSSR count). The third-order valence-electron chi connectivity index (χ3n) is 1.94. The lowest BCUT2D eigenvalue weighted by Gasteiger charge is -2.27. The van der Waals surface area contributed by atoms with Crippen LogP contribution in [-0.2, 0) is 4.74 Å². The van der Waals surface area contributed by atoms with Crippen molar-refractivity contribution in [1.29, 1.82) is 0 Å². The van der Waals surface area contributed by atoms with Gasteiger partial charge in [-0.2, -0.15) is 0 Å². The molecule has 0 spiro atoms. The first-order valence-corrected chi connectivity index (χ1v) is 5.29. The SMILES string of the molecule is CC(C)(N)CCOC(C)(C)CCCl. The Labute approximate surface area is 86.8 Å². The maximum Gasteiger partial charge on any atom is 0.0637 e. The Balaban J connectivity index is 3.63. The second-order valence-corrected chi connectivity index (χ2v) is 5.16. The van der Waals surface area contributed by atoms with Gasteiger partial charge in [-0.15, -0.1) is 11.6 Å². The summed E-state index contributed by atoms with van der Waals surface area (Å²) in [6.45, 7) is 8.82. The van der Waals surface area contributed by atoms with Crippen LogP contribution in [0.3, 0.4) is 0 Å². The summed E-state index contributed by atoms with van der Waals surface area (Å²) in [7, 11) is 0. The van der Waals surface area contributed by atoms with Gasteiger partial charge in [-0.1, -0.05) is 0 Å². The third-order valence-corrected chi connectivity index (χ3v) is 2.12. The van der Waals surface area contributed by atoms with Crippen molar-refractivity contribution in [3.05, 3.63) is 0 Å². The fraction of sp³-hybridized carbons (Fsp3) is 1.00. The zero-order valence-electron chi connectivity index (χ0n) is 9.19. The second-order valence-electron chi connectivity index (χ2n) is 4.79. The number of hydrogen-bond donors (Lipinski definition) is 1. The van der Waals surface area contributed by atoms with Crippen LogP contribution >= 0.6 is 11.6 Å². The fourth-order valence-corrected chi connectivity index (χ4v) is 1.35. The summed E-state index contributed by atoms with van der Waals surface area (Å²) in [5, 5.41) is 0. The summed E-state index contributed by atoms with van der Waals surface area (Å²) in [6.07, 6.45) is 1.75. The summed E-state index contributed by atoms with van der Waals surface area (Å²) in [6, 6.07) is 0. The number of hydrogen-bond acceptors (Lipinski definition) is 2. The summed E-state index contributed by atoms with van der Waals surface area (Å²) in [5.74, 6) is 0.638. The Morgan fingerprint density at radius 3 is 2.08 bits per heavy atom. The number of nitrogens with two attached hydrogens (primary N) is 1. The molecule has 2 N–H and O–H groups in total. The van der Waals surface area contributed by atoms with Crippen molar-refractivity contribution in [2.45, 2.75) is 51.7 Å². The first kappa shape index (κ1) is 13.2. The van der Waals surface area contributed by atoms with Crippen LogP contribution in [0.1, 0.15) is 40.5 Å². The minimum absolute atomic E-state index is 0.118. The van der Waals surface area contributed by atoms with Gasteiger partial charge in [0.2, 0.25) is 0 Å². The van der Waals surface area contributed by atoms with Gasteiger partial charge in [-0.25, -0.2) is 0 Å². The van der Waals surface area contributed by atoms with Gasteiger partial charge in [0.15, 0.2) is 0 Å². The molecule has 0 aromatic heterocycles. The highest BCUT2D eigenvalue weighted by Crippen LogP contribution is 2.16. The van der Waals surface area contributed by atoms with Gasteiger partial charge in [-0.05, 0) is 40.5 Å². The van der Waals surface area contributed by atoms with Crippen LogP contribution in [0.2, 0.25) is 0 Å². The minimum Gasteiger partial charge on any atom is -0.375 e. The van der Waals surface area contributed by atoms with Gasteiger partial charge < -0.3 is 10.5 Å². The van der Waals surface area contributed by atoms with Crippen LogP contribution in [0, 0.1) is 0 Å². The van der Waals surface area contributed by atoms with Crippen LogP contribution in [0.25, 0.3) is 0 Å². The largest absolute Gasteiger partial charge is 0.375 e. The highest BCUT2D eigenvalue weighted by atomic mass is 35.5. The molecule has 0 aliphatic rings. The summed E-state index contributed by atoms with van der Waals surface area (Å²) in [4.78, 5) is 0. The van der Waals surface area contributed by atoms with E-state index in [1.807, 2.05) is 13.8 Å². The van der Waals surface area contributed by atoms with E-state index in [0.29, 0.717) is 12.5 Å². The summed E-state index contributed by atoms with van der Waals surface area (Å²) in [5.41, 5.74) is 5.57. The molecule has 0 heterocycles. The molecule has 0 radical (unpaired) electrons. The molecule has 80 valence electrons. The van der Waals surface area contributed by atoms with Crippen LogP contribution in [0.5, 0.6) is 0 Å². The average molecular weight is 208 g/mol. The lowest BCUT2D eigenvalue weighted by atomic mass is 10.0. The molecule has 0 aromatic carbocycles. The second kappa shape index (κ2) is 5.18. The van der Waals surface area contributed by atoms with E-state index < -0.39 is 0 Å². The molecule has 0 aliphatic carbocycles. The van der Waals surface area contributed by atoms with E-state index in [0.717, 1.165) is 12.8 Å². The van der Waals surface area contributed by atoms with E-state index in [4.69, 9.17) is 22.1 Å². The summed E-state index contributed by atoms with van der Waals surface area (Å²) >= 11 is 5.65. The zero-order chi connectivity index (χ0) is 10.5. The molecule has 0 saturated carbocycles. The highest BCUT2D eigenvalue weighted by molar-refractivity contribution is 6.17. The lowest BCUT2D eigenvalue weighted by molar-refractivity contribution is -0.0252. The van der Waals surface area contributed by atoms with Crippen molar-refractivity contribution in [3.63, 3.8) is 0 Å². The van der Waals surface area contributed by atoms with Crippen molar-refractivity contribution >= 4 is 11.6 Å². The number of alkyl halides is 1. The van der Waals surface area contributed by atoms with Crippen LogP contribution < -0.4 is 5.73 Å². The van der Waals surface area contributed by atoms with E-state index in [-0.39, 0.29) is 11.1 Å². The Morgan fingerprint density at radius 1 is 1.15 bits per heavy atom. The predicted molar refractivity (Wildman–Crippen MR) is 58.3 cm³/mol. The molecule has 13 heavy (non-hydrogen) atoms. The van der Waals surface area contributed by atoms with Gasteiger partial charge in [0.05, 0.1) is 5.60 Å². The van der Waals surface area contributed by atoms with Gasteiger partial charge in [0, 0.05) is 18.0 Å². The molecule has 0 unspecified atom stereocenters. The van der Waals surface area contributed by atoms with Gasteiger partial charge >= 0.3 is 0 Å². The van der Waals surface area contributed by atoms with Crippen molar-refractivity contribution in [3.8, 4) is 0 Å². The predicted octanol–water partition coefficient (Wildman–Crippen LogP) is 2.54. The van der Waals surface area contributed by atoms with Crippen molar-refractivity contribution < 1.29 is 4.74 Å². The highest BCUT2D eigenvalue weighted by Gasteiger charge is 2.19. The zero-order valence-corrected chi connectivity index (χ0v) is 9.95. The first-order chi connectivity index (χ1) is 5.77. The first-order valence-electron chi connectivity index (χ1n) is 4.76. The standard InChI is InChI=1S/C10H22ClNO/c1-9(2,12)6-8-13-10(3,4)5-7-11/h5-8,12H2,1-4H3.